The van der Waals surface area contributed by atoms with E-state index in [0.717, 1.165) is 31.5 Å². The maximum atomic E-state index is 13.1. The van der Waals surface area contributed by atoms with Crippen LogP contribution in [0.1, 0.15) is 24.1 Å². The molecular weight excluding hydrogens is 350 g/mol. The highest BCUT2D eigenvalue weighted by Gasteiger charge is 2.42. The third-order valence-electron chi connectivity index (χ3n) is 4.74. The topological polar surface area (TPSA) is 53.5 Å². The summed E-state index contributed by atoms with van der Waals surface area (Å²) in [6.45, 7) is 1.76. The quantitative estimate of drug-likeness (QED) is 0.779. The molecule has 0 N–H and O–H groups in total. The van der Waals surface area contributed by atoms with Crippen LogP contribution in [0.5, 0.6) is 0 Å². The van der Waals surface area contributed by atoms with Gasteiger partial charge in [0.2, 0.25) is 0 Å². The summed E-state index contributed by atoms with van der Waals surface area (Å²) in [4.78, 5) is 33.8. The van der Waals surface area contributed by atoms with Crippen molar-refractivity contribution in [2.24, 2.45) is 0 Å². The van der Waals surface area contributed by atoms with Crippen LogP contribution in [0.2, 0.25) is 5.02 Å². The number of pyridine rings is 1. The molecule has 0 radical (unpaired) electrons. The molecule has 132 valence electrons. The number of nitrogens with zero attached hydrogens (tertiary/aromatic N) is 3. The number of rotatable bonds is 4. The average molecular weight is 368 g/mol. The Morgan fingerprint density at radius 3 is 2.35 bits per heavy atom. The summed E-state index contributed by atoms with van der Waals surface area (Å²) in [6.07, 6.45) is 3.72. The molecule has 0 bridgehead atoms. The average Bonchev–Trinajstić information content (AvgIpc) is 3.26. The van der Waals surface area contributed by atoms with Crippen molar-refractivity contribution in [2.75, 3.05) is 13.1 Å². The number of carbonyl (C=O) groups is 2. The van der Waals surface area contributed by atoms with E-state index in [-0.39, 0.29) is 18.4 Å². The highest BCUT2D eigenvalue weighted by atomic mass is 35.5. The van der Waals surface area contributed by atoms with E-state index in [9.17, 15) is 9.59 Å². The molecule has 0 atom stereocenters. The van der Waals surface area contributed by atoms with E-state index in [1.807, 2.05) is 23.1 Å². The van der Waals surface area contributed by atoms with Crippen molar-refractivity contribution < 1.29 is 9.59 Å². The Labute approximate surface area is 156 Å². The Morgan fingerprint density at radius 2 is 1.69 bits per heavy atom. The lowest BCUT2D eigenvalue weighted by Gasteiger charge is -2.20. The summed E-state index contributed by atoms with van der Waals surface area (Å²) in [7, 11) is 0. The molecule has 1 aromatic carbocycles. The molecule has 2 amide bonds. The number of imide groups is 1. The van der Waals surface area contributed by atoms with Gasteiger partial charge in [-0.15, -0.1) is 0 Å². The van der Waals surface area contributed by atoms with Crippen molar-refractivity contribution in [3.05, 3.63) is 70.6 Å². The largest absolute Gasteiger partial charge is 0.366 e. The first-order valence-corrected chi connectivity index (χ1v) is 9.04. The minimum absolute atomic E-state index is 0.174. The van der Waals surface area contributed by atoms with Crippen LogP contribution < -0.4 is 0 Å². The van der Waals surface area contributed by atoms with Crippen LogP contribution in [-0.4, -0.2) is 39.7 Å². The molecule has 4 rings (SSSR count). The fourth-order valence-electron chi connectivity index (χ4n) is 3.47. The lowest BCUT2D eigenvalue weighted by molar-refractivity contribution is -0.138. The summed E-state index contributed by atoms with van der Waals surface area (Å²) in [6, 6.07) is 12.5. The minimum Gasteiger partial charge on any atom is -0.366 e. The molecule has 3 heterocycles. The van der Waals surface area contributed by atoms with Crippen LogP contribution in [0.25, 0.3) is 5.57 Å². The van der Waals surface area contributed by atoms with Gasteiger partial charge in [-0.2, -0.15) is 0 Å². The Kier molecular flexibility index (Phi) is 4.47. The van der Waals surface area contributed by atoms with Crippen LogP contribution in [0, 0.1) is 0 Å². The van der Waals surface area contributed by atoms with Crippen molar-refractivity contribution in [2.45, 2.75) is 19.4 Å². The molecule has 6 heteroatoms. The van der Waals surface area contributed by atoms with E-state index in [1.54, 1.807) is 30.5 Å². The first-order chi connectivity index (χ1) is 12.6. The molecule has 1 fully saturated rings. The van der Waals surface area contributed by atoms with Gasteiger partial charge >= 0.3 is 0 Å². The Hall–Kier alpha value is -2.66. The summed E-state index contributed by atoms with van der Waals surface area (Å²) < 4.78 is 0. The number of aromatic nitrogens is 1. The third kappa shape index (κ3) is 2.99. The molecule has 1 saturated heterocycles. The molecule has 1 aromatic heterocycles. The van der Waals surface area contributed by atoms with Gasteiger partial charge in [0.05, 0.1) is 17.8 Å². The second-order valence-electron chi connectivity index (χ2n) is 6.44. The maximum absolute atomic E-state index is 13.1. The molecule has 0 spiro atoms. The van der Waals surface area contributed by atoms with Gasteiger partial charge in [-0.05, 0) is 42.7 Å². The molecule has 0 saturated carbocycles. The van der Waals surface area contributed by atoms with Gasteiger partial charge in [0.15, 0.2) is 0 Å². The van der Waals surface area contributed by atoms with Gasteiger partial charge in [0, 0.05) is 24.3 Å². The van der Waals surface area contributed by atoms with Crippen LogP contribution >= 0.6 is 11.6 Å². The first-order valence-electron chi connectivity index (χ1n) is 8.66. The first kappa shape index (κ1) is 16.8. The van der Waals surface area contributed by atoms with Crippen LogP contribution in [-0.2, 0) is 16.1 Å². The van der Waals surface area contributed by atoms with E-state index >= 15 is 0 Å². The number of benzene rings is 1. The third-order valence-corrected chi connectivity index (χ3v) is 5.00. The molecule has 0 unspecified atom stereocenters. The maximum Gasteiger partial charge on any atom is 0.278 e. The van der Waals surface area contributed by atoms with Crippen molar-refractivity contribution >= 4 is 29.0 Å². The Bertz CT molecular complexity index is 872. The zero-order valence-electron chi connectivity index (χ0n) is 14.2. The van der Waals surface area contributed by atoms with E-state index in [2.05, 4.69) is 4.98 Å². The smallest absolute Gasteiger partial charge is 0.278 e. The van der Waals surface area contributed by atoms with Crippen molar-refractivity contribution in [1.29, 1.82) is 0 Å². The number of hydrogen-bond acceptors (Lipinski definition) is 4. The van der Waals surface area contributed by atoms with Gasteiger partial charge in [-0.1, -0.05) is 29.8 Å². The van der Waals surface area contributed by atoms with E-state index < -0.39 is 0 Å². The van der Waals surface area contributed by atoms with Crippen LogP contribution in [0.4, 0.5) is 0 Å². The number of halogens is 1. The van der Waals surface area contributed by atoms with Gasteiger partial charge < -0.3 is 4.90 Å². The van der Waals surface area contributed by atoms with Crippen LogP contribution in [0.3, 0.4) is 0 Å². The zero-order chi connectivity index (χ0) is 18.1. The van der Waals surface area contributed by atoms with E-state index in [0.29, 0.717) is 22.0 Å². The number of amides is 2. The second-order valence-corrected chi connectivity index (χ2v) is 6.88. The van der Waals surface area contributed by atoms with E-state index in [4.69, 9.17) is 11.6 Å². The number of likely N-dealkylation sites (tertiary alicyclic amines) is 1. The SMILES string of the molecule is O=C1C(c2ccc(Cl)cc2)=C(N2CCCC2)C(=O)N1Cc1ccccn1. The Balaban J connectivity index is 1.74. The highest BCUT2D eigenvalue weighted by Crippen LogP contribution is 2.34. The summed E-state index contributed by atoms with van der Waals surface area (Å²) >= 11 is 5.99. The van der Waals surface area contributed by atoms with Gasteiger partial charge in [0.1, 0.15) is 5.70 Å². The van der Waals surface area contributed by atoms with Gasteiger partial charge in [-0.25, -0.2) is 0 Å². The molecule has 2 aliphatic heterocycles. The predicted molar refractivity (Wildman–Crippen MR) is 99.0 cm³/mol. The molecule has 0 aliphatic carbocycles. The lowest BCUT2D eigenvalue weighted by Crippen LogP contribution is -2.34. The van der Waals surface area contributed by atoms with Crippen molar-refractivity contribution in [1.82, 2.24) is 14.8 Å². The molecule has 2 aromatic rings. The second kappa shape index (κ2) is 6.92. The van der Waals surface area contributed by atoms with Crippen LogP contribution in [0.15, 0.2) is 54.4 Å². The lowest BCUT2D eigenvalue weighted by atomic mass is 10.0. The molecule has 5 nitrogen and oxygen atoms in total. The number of hydrogen-bond donors (Lipinski definition) is 0. The van der Waals surface area contributed by atoms with E-state index in [1.165, 1.54) is 4.90 Å². The standard InChI is InChI=1S/C20H18ClN3O2/c21-15-8-6-14(7-9-15)17-18(23-11-3-4-12-23)20(26)24(19(17)25)13-16-5-1-2-10-22-16/h1-2,5-10H,3-4,11-13H2. The predicted octanol–water partition coefficient (Wildman–Crippen LogP) is 3.11. The van der Waals surface area contributed by atoms with Gasteiger partial charge in [0.25, 0.3) is 11.8 Å². The fourth-order valence-corrected chi connectivity index (χ4v) is 3.60. The molecule has 2 aliphatic rings. The van der Waals surface area contributed by atoms with Gasteiger partial charge in [-0.3, -0.25) is 19.5 Å². The normalized spacial score (nSPS) is 17.6. The van der Waals surface area contributed by atoms with Crippen molar-refractivity contribution in [3.63, 3.8) is 0 Å². The monoisotopic (exact) mass is 367 g/mol. The highest BCUT2D eigenvalue weighted by molar-refractivity contribution is 6.35. The number of carbonyl (C=O) groups excluding carboxylic acids is 2. The summed E-state index contributed by atoms with van der Waals surface area (Å²) in [5.74, 6) is -0.516. The fraction of sp³-hybridized carbons (Fsp3) is 0.250. The Morgan fingerprint density at radius 1 is 0.962 bits per heavy atom. The summed E-state index contributed by atoms with van der Waals surface area (Å²) in [5.41, 5.74) is 2.38. The zero-order valence-corrected chi connectivity index (χ0v) is 14.9. The minimum atomic E-state index is -0.273. The molecule has 26 heavy (non-hydrogen) atoms. The summed E-state index contributed by atoms with van der Waals surface area (Å²) in [5, 5.41) is 0.596. The van der Waals surface area contributed by atoms with Crippen molar-refractivity contribution in [3.8, 4) is 0 Å². The molecular formula is C20H18ClN3O2.